The molecule has 10 heavy (non-hydrogen) atoms. The Kier molecular flexibility index (Phi) is 6.81. The summed E-state index contributed by atoms with van der Waals surface area (Å²) in [6.07, 6.45) is 8.53. The van der Waals surface area contributed by atoms with Crippen molar-refractivity contribution in [3.05, 3.63) is 0 Å². The van der Waals surface area contributed by atoms with Crippen LogP contribution in [0.3, 0.4) is 0 Å². The second-order valence-electron chi connectivity index (χ2n) is 2.91. The van der Waals surface area contributed by atoms with E-state index in [-0.39, 0.29) is 31.0 Å². The summed E-state index contributed by atoms with van der Waals surface area (Å²) in [4.78, 5) is 10.1. The maximum Gasteiger partial charge on any atom is 1.00 e. The minimum atomic E-state index is 0. The van der Waals surface area contributed by atoms with Gasteiger partial charge in [0.25, 0.3) is 0 Å². The van der Waals surface area contributed by atoms with Gasteiger partial charge in [0.15, 0.2) is 0 Å². The van der Waals surface area contributed by atoms with Crippen LogP contribution in [0.25, 0.3) is 0 Å². The molecule has 2 heteroatoms. The summed E-state index contributed by atoms with van der Waals surface area (Å²) in [5.74, 6) is 0.733. The van der Waals surface area contributed by atoms with Crippen LogP contribution in [0.2, 0.25) is 0 Å². The van der Waals surface area contributed by atoms with Gasteiger partial charge in [0.2, 0.25) is 0 Å². The van der Waals surface area contributed by atoms with E-state index in [2.05, 4.69) is 0 Å². The summed E-state index contributed by atoms with van der Waals surface area (Å²) in [5.41, 5.74) is 0. The number of rotatable bonds is 2. The Hall–Kier alpha value is 0.670. The third-order valence-corrected chi connectivity index (χ3v) is 2.15. The predicted octanol–water partition coefficient (Wildman–Crippen LogP) is -0.728. The van der Waals surface area contributed by atoms with Crippen LogP contribution < -0.4 is 29.6 Å². The molecule has 0 aliphatic heterocycles. The SMILES string of the molecule is O=CCC1CCCCC1.[H-].[Na+]. The molecule has 1 aliphatic rings. The largest absolute Gasteiger partial charge is 1.00 e. The average molecular weight is 150 g/mol. The molecule has 0 atom stereocenters. The van der Waals surface area contributed by atoms with Gasteiger partial charge in [0.05, 0.1) is 0 Å². The summed E-state index contributed by atoms with van der Waals surface area (Å²) >= 11 is 0. The van der Waals surface area contributed by atoms with Gasteiger partial charge < -0.3 is 6.22 Å². The zero-order valence-corrected chi connectivity index (χ0v) is 8.81. The van der Waals surface area contributed by atoms with Crippen LogP contribution in [0.4, 0.5) is 0 Å². The Morgan fingerprint density at radius 3 is 2.40 bits per heavy atom. The average Bonchev–Trinajstić information content (AvgIpc) is 1.91. The molecule has 0 spiro atoms. The van der Waals surface area contributed by atoms with E-state index in [1.54, 1.807) is 0 Å². The van der Waals surface area contributed by atoms with E-state index in [9.17, 15) is 4.79 Å². The van der Waals surface area contributed by atoms with Gasteiger partial charge in [-0.15, -0.1) is 0 Å². The maximum atomic E-state index is 10.1. The molecule has 1 aliphatic carbocycles. The molecule has 0 aromatic rings. The summed E-state index contributed by atoms with van der Waals surface area (Å²) < 4.78 is 0. The van der Waals surface area contributed by atoms with Gasteiger partial charge in [-0.25, -0.2) is 0 Å². The van der Waals surface area contributed by atoms with E-state index >= 15 is 0 Å². The molecule has 1 saturated carbocycles. The predicted molar refractivity (Wildman–Crippen MR) is 38.4 cm³/mol. The van der Waals surface area contributed by atoms with E-state index in [0.29, 0.717) is 0 Å². The van der Waals surface area contributed by atoms with Crippen molar-refractivity contribution in [1.82, 2.24) is 0 Å². The molecule has 1 nitrogen and oxygen atoms in total. The zero-order chi connectivity index (χ0) is 6.53. The molecule has 0 heterocycles. The van der Waals surface area contributed by atoms with Crippen LogP contribution in [0.5, 0.6) is 0 Å². The van der Waals surface area contributed by atoms with Gasteiger partial charge in [0, 0.05) is 6.42 Å². The van der Waals surface area contributed by atoms with Crippen molar-refractivity contribution in [3.63, 3.8) is 0 Å². The normalized spacial score (nSPS) is 19.6. The van der Waals surface area contributed by atoms with Crippen molar-refractivity contribution >= 4 is 6.29 Å². The Morgan fingerprint density at radius 1 is 1.30 bits per heavy atom. The first-order valence-corrected chi connectivity index (χ1v) is 3.87. The molecule has 1 rings (SSSR count). The number of carbonyl (C=O) groups excluding carboxylic acids is 1. The standard InChI is InChI=1S/C8H14O.Na.H/c9-7-6-8-4-2-1-3-5-8;;/h7-8H,1-6H2;;/q;+1;-1. The number of hydrogen-bond acceptors (Lipinski definition) is 1. The van der Waals surface area contributed by atoms with E-state index < -0.39 is 0 Å². The van der Waals surface area contributed by atoms with Gasteiger partial charge in [0.1, 0.15) is 6.29 Å². The first kappa shape index (κ1) is 10.7. The second kappa shape index (κ2) is 6.38. The summed E-state index contributed by atoms with van der Waals surface area (Å²) in [5, 5.41) is 0. The molecule has 0 unspecified atom stereocenters. The van der Waals surface area contributed by atoms with E-state index in [1.165, 1.54) is 32.1 Å². The van der Waals surface area contributed by atoms with Gasteiger partial charge in [-0.05, 0) is 5.92 Å². The van der Waals surface area contributed by atoms with Crippen LogP contribution in [-0.2, 0) is 4.79 Å². The van der Waals surface area contributed by atoms with Crippen LogP contribution in [0.15, 0.2) is 0 Å². The van der Waals surface area contributed by atoms with Gasteiger partial charge in [-0.1, -0.05) is 32.1 Å². The third kappa shape index (κ3) is 3.75. The molecular weight excluding hydrogens is 135 g/mol. The van der Waals surface area contributed by atoms with Crippen molar-refractivity contribution in [1.29, 1.82) is 0 Å². The first-order chi connectivity index (χ1) is 4.43. The third-order valence-electron chi connectivity index (χ3n) is 2.15. The molecule has 0 aromatic heterocycles. The first-order valence-electron chi connectivity index (χ1n) is 3.87. The summed E-state index contributed by atoms with van der Waals surface area (Å²) in [6, 6.07) is 0. The quantitative estimate of drug-likeness (QED) is 0.375. The Morgan fingerprint density at radius 2 is 1.90 bits per heavy atom. The molecule has 0 bridgehead atoms. The number of hydrogen-bond donors (Lipinski definition) is 0. The smallest absolute Gasteiger partial charge is 1.00 e. The van der Waals surface area contributed by atoms with Crippen LogP contribution in [-0.4, -0.2) is 6.29 Å². The fraction of sp³-hybridized carbons (Fsp3) is 0.875. The molecule has 1 fully saturated rings. The van der Waals surface area contributed by atoms with E-state index in [1.807, 2.05) is 0 Å². The molecule has 54 valence electrons. The van der Waals surface area contributed by atoms with Crippen molar-refractivity contribution in [2.75, 3.05) is 0 Å². The molecule has 0 N–H and O–H groups in total. The van der Waals surface area contributed by atoms with E-state index in [0.717, 1.165) is 18.6 Å². The van der Waals surface area contributed by atoms with Crippen molar-refractivity contribution in [3.8, 4) is 0 Å². The van der Waals surface area contributed by atoms with Gasteiger partial charge in [-0.2, -0.15) is 0 Å². The van der Waals surface area contributed by atoms with Gasteiger partial charge in [-0.3, -0.25) is 0 Å². The molecule has 0 saturated heterocycles. The van der Waals surface area contributed by atoms with Crippen LogP contribution in [0, 0.1) is 5.92 Å². The maximum absolute atomic E-state index is 10.1. The summed E-state index contributed by atoms with van der Waals surface area (Å²) in [6.45, 7) is 0. The Balaban J connectivity index is 0. The number of aldehydes is 1. The fourth-order valence-corrected chi connectivity index (χ4v) is 1.56. The number of carbonyl (C=O) groups is 1. The monoisotopic (exact) mass is 150 g/mol. The topological polar surface area (TPSA) is 17.1 Å². The van der Waals surface area contributed by atoms with Gasteiger partial charge >= 0.3 is 29.6 Å². The van der Waals surface area contributed by atoms with Crippen LogP contribution in [0.1, 0.15) is 40.0 Å². The Labute approximate surface area is 86.3 Å². The fourth-order valence-electron chi connectivity index (χ4n) is 1.56. The van der Waals surface area contributed by atoms with Crippen molar-refractivity contribution in [2.45, 2.75) is 38.5 Å². The minimum Gasteiger partial charge on any atom is -1.00 e. The van der Waals surface area contributed by atoms with E-state index in [4.69, 9.17) is 0 Å². The molecule has 0 amide bonds. The van der Waals surface area contributed by atoms with Crippen molar-refractivity contribution < 1.29 is 35.8 Å². The molecular formula is C8H15NaO. The molecule has 0 aromatic carbocycles. The van der Waals surface area contributed by atoms with Crippen molar-refractivity contribution in [2.24, 2.45) is 5.92 Å². The van der Waals surface area contributed by atoms with Crippen LogP contribution >= 0.6 is 0 Å². The second-order valence-corrected chi connectivity index (χ2v) is 2.91. The molecule has 0 radical (unpaired) electrons. The zero-order valence-electron chi connectivity index (χ0n) is 7.81. The Bertz CT molecular complexity index is 92.1. The minimum absolute atomic E-state index is 0. The summed E-state index contributed by atoms with van der Waals surface area (Å²) in [7, 11) is 0.